The predicted molar refractivity (Wildman–Crippen MR) is 110 cm³/mol. The van der Waals surface area contributed by atoms with Gasteiger partial charge in [0.2, 0.25) is 0 Å². The fourth-order valence-electron chi connectivity index (χ4n) is 2.59. The van der Waals surface area contributed by atoms with E-state index in [-0.39, 0.29) is 5.91 Å². The first kappa shape index (κ1) is 17.4. The SMILES string of the molecule is O=C(Nc1ccc(-c2csc(-c3ccncc3)n2)cc1)c1cccc(Cl)c1. The Kier molecular flexibility index (Phi) is 4.96. The van der Waals surface area contributed by atoms with Crippen molar-refractivity contribution in [3.05, 3.63) is 89.0 Å². The molecule has 0 atom stereocenters. The Morgan fingerprint density at radius 3 is 2.48 bits per heavy atom. The van der Waals surface area contributed by atoms with E-state index in [1.807, 2.05) is 41.8 Å². The first-order chi connectivity index (χ1) is 13.2. The molecule has 0 saturated heterocycles. The van der Waals surface area contributed by atoms with Crippen molar-refractivity contribution >= 4 is 34.5 Å². The summed E-state index contributed by atoms with van der Waals surface area (Å²) in [5.74, 6) is -0.195. The molecule has 2 aromatic heterocycles. The number of aromatic nitrogens is 2. The molecule has 0 aliphatic rings. The van der Waals surface area contributed by atoms with Crippen molar-refractivity contribution in [2.75, 3.05) is 5.32 Å². The number of nitrogens with zero attached hydrogens (tertiary/aromatic N) is 2. The third-order valence-electron chi connectivity index (χ3n) is 3.96. The summed E-state index contributed by atoms with van der Waals surface area (Å²) in [4.78, 5) is 21.0. The molecule has 2 heterocycles. The zero-order chi connectivity index (χ0) is 18.6. The molecule has 4 nitrogen and oxygen atoms in total. The lowest BCUT2D eigenvalue weighted by Gasteiger charge is -2.06. The lowest BCUT2D eigenvalue weighted by molar-refractivity contribution is 0.102. The molecule has 0 aliphatic carbocycles. The molecule has 1 N–H and O–H groups in total. The summed E-state index contributed by atoms with van der Waals surface area (Å²) in [5.41, 5.74) is 4.18. The number of hydrogen-bond donors (Lipinski definition) is 1. The Labute approximate surface area is 165 Å². The lowest BCUT2D eigenvalue weighted by atomic mass is 10.1. The molecule has 27 heavy (non-hydrogen) atoms. The van der Waals surface area contributed by atoms with E-state index in [2.05, 4.69) is 15.3 Å². The number of benzene rings is 2. The summed E-state index contributed by atoms with van der Waals surface area (Å²) in [6, 6.07) is 18.4. The largest absolute Gasteiger partial charge is 0.322 e. The minimum Gasteiger partial charge on any atom is -0.322 e. The van der Waals surface area contributed by atoms with Crippen LogP contribution in [0.4, 0.5) is 5.69 Å². The highest BCUT2D eigenvalue weighted by Gasteiger charge is 2.09. The van der Waals surface area contributed by atoms with E-state index in [1.54, 1.807) is 48.0 Å². The first-order valence-electron chi connectivity index (χ1n) is 8.22. The molecule has 132 valence electrons. The van der Waals surface area contributed by atoms with Gasteiger partial charge in [-0.3, -0.25) is 9.78 Å². The maximum atomic E-state index is 12.3. The molecule has 0 spiro atoms. The topological polar surface area (TPSA) is 54.9 Å². The summed E-state index contributed by atoms with van der Waals surface area (Å²) < 4.78 is 0. The summed E-state index contributed by atoms with van der Waals surface area (Å²) >= 11 is 7.53. The smallest absolute Gasteiger partial charge is 0.255 e. The van der Waals surface area contributed by atoms with Crippen LogP contribution in [0.5, 0.6) is 0 Å². The van der Waals surface area contributed by atoms with Crippen LogP contribution in [0.25, 0.3) is 21.8 Å². The number of halogens is 1. The molecule has 0 bridgehead atoms. The van der Waals surface area contributed by atoms with Gasteiger partial charge in [0, 0.05) is 45.2 Å². The second kappa shape index (κ2) is 7.70. The number of rotatable bonds is 4. The molecule has 6 heteroatoms. The van der Waals surface area contributed by atoms with Crippen molar-refractivity contribution in [2.24, 2.45) is 0 Å². The Balaban J connectivity index is 1.49. The van der Waals surface area contributed by atoms with Gasteiger partial charge in [-0.1, -0.05) is 29.8 Å². The molecular weight excluding hydrogens is 378 g/mol. The number of pyridine rings is 1. The number of carbonyl (C=O) groups excluding carboxylic acids is 1. The zero-order valence-electron chi connectivity index (χ0n) is 14.1. The molecule has 0 saturated carbocycles. The predicted octanol–water partition coefficient (Wildman–Crippen LogP) is 5.78. The average molecular weight is 392 g/mol. The summed E-state index contributed by atoms with van der Waals surface area (Å²) in [5, 5.41) is 6.38. The number of amides is 1. The van der Waals surface area contributed by atoms with E-state index >= 15 is 0 Å². The van der Waals surface area contributed by atoms with Crippen molar-refractivity contribution in [1.82, 2.24) is 9.97 Å². The van der Waals surface area contributed by atoms with Gasteiger partial charge in [-0.05, 0) is 42.5 Å². The van der Waals surface area contributed by atoms with E-state index in [0.717, 1.165) is 21.8 Å². The fourth-order valence-corrected chi connectivity index (χ4v) is 3.62. The van der Waals surface area contributed by atoms with Crippen LogP contribution in [-0.2, 0) is 0 Å². The molecule has 0 fully saturated rings. The fraction of sp³-hybridized carbons (Fsp3) is 0. The van der Waals surface area contributed by atoms with Gasteiger partial charge in [-0.25, -0.2) is 4.98 Å². The van der Waals surface area contributed by atoms with Crippen LogP contribution < -0.4 is 5.32 Å². The van der Waals surface area contributed by atoms with Crippen molar-refractivity contribution in [1.29, 1.82) is 0 Å². The normalized spacial score (nSPS) is 10.6. The van der Waals surface area contributed by atoms with E-state index in [0.29, 0.717) is 16.3 Å². The number of carbonyl (C=O) groups is 1. The van der Waals surface area contributed by atoms with Gasteiger partial charge in [0.05, 0.1) is 5.69 Å². The lowest BCUT2D eigenvalue weighted by Crippen LogP contribution is -2.11. The molecule has 4 rings (SSSR count). The van der Waals surface area contributed by atoms with E-state index in [4.69, 9.17) is 11.6 Å². The van der Waals surface area contributed by atoms with Gasteiger partial charge in [-0.15, -0.1) is 11.3 Å². The second-order valence-corrected chi connectivity index (χ2v) is 7.11. The zero-order valence-corrected chi connectivity index (χ0v) is 15.7. The summed E-state index contributed by atoms with van der Waals surface area (Å²) in [7, 11) is 0. The average Bonchev–Trinajstić information content (AvgIpc) is 3.19. The third-order valence-corrected chi connectivity index (χ3v) is 5.08. The highest BCUT2D eigenvalue weighted by molar-refractivity contribution is 7.13. The van der Waals surface area contributed by atoms with Crippen LogP contribution in [0.1, 0.15) is 10.4 Å². The monoisotopic (exact) mass is 391 g/mol. The van der Waals surface area contributed by atoms with Crippen LogP contribution in [0.3, 0.4) is 0 Å². The van der Waals surface area contributed by atoms with Gasteiger partial charge < -0.3 is 5.32 Å². The highest BCUT2D eigenvalue weighted by atomic mass is 35.5. The number of thiazole rings is 1. The van der Waals surface area contributed by atoms with Crippen LogP contribution >= 0.6 is 22.9 Å². The van der Waals surface area contributed by atoms with Crippen molar-refractivity contribution in [3.63, 3.8) is 0 Å². The highest BCUT2D eigenvalue weighted by Crippen LogP contribution is 2.29. The van der Waals surface area contributed by atoms with Crippen LogP contribution in [0.15, 0.2) is 78.4 Å². The molecule has 2 aromatic carbocycles. The Bertz CT molecular complexity index is 1080. The third kappa shape index (κ3) is 4.05. The molecule has 0 aliphatic heterocycles. The molecule has 0 radical (unpaired) electrons. The summed E-state index contributed by atoms with van der Waals surface area (Å²) in [6.45, 7) is 0. The minimum absolute atomic E-state index is 0.195. The van der Waals surface area contributed by atoms with Crippen molar-refractivity contribution < 1.29 is 4.79 Å². The summed E-state index contributed by atoms with van der Waals surface area (Å²) in [6.07, 6.45) is 3.52. The van der Waals surface area contributed by atoms with Gasteiger partial charge in [-0.2, -0.15) is 0 Å². The quantitative estimate of drug-likeness (QED) is 0.480. The van der Waals surface area contributed by atoms with Crippen molar-refractivity contribution in [3.8, 4) is 21.8 Å². The van der Waals surface area contributed by atoms with Gasteiger partial charge in [0.25, 0.3) is 5.91 Å². The number of anilines is 1. The number of hydrogen-bond acceptors (Lipinski definition) is 4. The maximum absolute atomic E-state index is 12.3. The first-order valence-corrected chi connectivity index (χ1v) is 9.48. The van der Waals surface area contributed by atoms with Crippen molar-refractivity contribution in [2.45, 2.75) is 0 Å². The molecule has 0 unspecified atom stereocenters. The minimum atomic E-state index is -0.195. The van der Waals surface area contributed by atoms with E-state index < -0.39 is 0 Å². The van der Waals surface area contributed by atoms with E-state index in [1.165, 1.54) is 0 Å². The Morgan fingerprint density at radius 1 is 0.963 bits per heavy atom. The Morgan fingerprint density at radius 2 is 1.74 bits per heavy atom. The van der Waals surface area contributed by atoms with Crippen LogP contribution in [0, 0.1) is 0 Å². The van der Waals surface area contributed by atoms with Crippen LogP contribution in [-0.4, -0.2) is 15.9 Å². The molecular formula is C21H14ClN3OS. The van der Waals surface area contributed by atoms with Gasteiger partial charge >= 0.3 is 0 Å². The molecule has 1 amide bonds. The maximum Gasteiger partial charge on any atom is 0.255 e. The van der Waals surface area contributed by atoms with Gasteiger partial charge in [0.1, 0.15) is 5.01 Å². The second-order valence-electron chi connectivity index (χ2n) is 5.82. The van der Waals surface area contributed by atoms with E-state index in [9.17, 15) is 4.79 Å². The van der Waals surface area contributed by atoms with Crippen LogP contribution in [0.2, 0.25) is 5.02 Å². The number of nitrogens with one attached hydrogen (secondary N) is 1. The Hall–Kier alpha value is -3.02. The van der Waals surface area contributed by atoms with Gasteiger partial charge in [0.15, 0.2) is 0 Å². The molecule has 4 aromatic rings. The standard InChI is InChI=1S/C21H14ClN3OS/c22-17-3-1-2-16(12-17)20(26)24-18-6-4-14(5-7-18)19-13-27-21(25-19)15-8-10-23-11-9-15/h1-13H,(H,24,26).